The zero-order valence-corrected chi connectivity index (χ0v) is 23.7. The van der Waals surface area contributed by atoms with E-state index >= 15 is 0 Å². The van der Waals surface area contributed by atoms with E-state index in [1.807, 2.05) is 6.07 Å². The first-order valence-electron chi connectivity index (χ1n) is 13.1. The van der Waals surface area contributed by atoms with Gasteiger partial charge in [0.05, 0.1) is 30.9 Å². The molecule has 208 valence electrons. The molecule has 2 N–H and O–H groups in total. The Morgan fingerprint density at radius 1 is 1.24 bits per heavy atom. The summed E-state index contributed by atoms with van der Waals surface area (Å²) < 4.78 is 41.1. The molecule has 0 aromatic heterocycles. The largest absolute Gasteiger partial charge is 0.490 e. The second-order valence-corrected chi connectivity index (χ2v) is 12.4. The summed E-state index contributed by atoms with van der Waals surface area (Å²) in [6.07, 6.45) is 5.67. The fraction of sp³-hybridized carbons (Fsp3) is 0.536. The van der Waals surface area contributed by atoms with Crippen molar-refractivity contribution >= 4 is 33.3 Å². The molecule has 0 fully saturated rings. The fourth-order valence-electron chi connectivity index (χ4n) is 5.73. The van der Waals surface area contributed by atoms with Gasteiger partial charge in [-0.15, -0.1) is 0 Å². The Hall–Kier alpha value is -2.33. The molecule has 2 atom stereocenters. The first-order chi connectivity index (χ1) is 18.1. The molecule has 8 nitrogen and oxygen atoms in total. The predicted molar refractivity (Wildman–Crippen MR) is 147 cm³/mol. The van der Waals surface area contributed by atoms with Crippen LogP contribution in [0.4, 0.5) is 5.69 Å². The quantitative estimate of drug-likeness (QED) is 0.424. The molecule has 0 radical (unpaired) electrons. The lowest BCUT2D eigenvalue weighted by atomic mass is 9.70. The Morgan fingerprint density at radius 3 is 2.79 bits per heavy atom. The summed E-state index contributed by atoms with van der Waals surface area (Å²) in [6.45, 7) is 4.33. The average molecular weight is 565 g/mol. The standard InChI is InChI=1S/C28H37ClN2O6S/c1-3-5-20(16-36-17-27(32)35-2)11-13-31-18-28(12-4-6-21-14-22(29)7-9-24(21)28)19-37-26-10-8-23(15-25(26)31)38(30,33)34/h7-10,14-15,20H,3-6,11-13,16-19H2,1-2H3,(H2,30,33,34)/t20-,28+/m1/s1. The van der Waals surface area contributed by atoms with Gasteiger partial charge in [0.25, 0.3) is 0 Å². The van der Waals surface area contributed by atoms with E-state index in [0.29, 0.717) is 32.1 Å². The maximum atomic E-state index is 12.2. The summed E-state index contributed by atoms with van der Waals surface area (Å²) in [7, 11) is -2.54. The number of primary sulfonamides is 1. The monoisotopic (exact) mass is 564 g/mol. The highest BCUT2D eigenvalue weighted by atomic mass is 35.5. The average Bonchev–Trinajstić information content (AvgIpc) is 3.03. The Bertz CT molecular complexity index is 1250. The van der Waals surface area contributed by atoms with E-state index in [0.717, 1.165) is 49.2 Å². The second kappa shape index (κ2) is 12.2. The van der Waals surface area contributed by atoms with E-state index in [-0.39, 0.29) is 22.8 Å². The summed E-state index contributed by atoms with van der Waals surface area (Å²) in [4.78, 5) is 13.8. The first kappa shape index (κ1) is 28.7. The number of carbonyl (C=O) groups excluding carboxylic acids is 1. The Kier molecular flexibility index (Phi) is 9.23. The molecule has 0 bridgehead atoms. The summed E-state index contributed by atoms with van der Waals surface area (Å²) in [5.74, 6) is 0.476. The number of hydrogen-bond acceptors (Lipinski definition) is 7. The van der Waals surface area contributed by atoms with Crippen LogP contribution in [0.3, 0.4) is 0 Å². The minimum Gasteiger partial charge on any atom is -0.490 e. The van der Waals surface area contributed by atoms with Crippen LogP contribution in [0.5, 0.6) is 5.75 Å². The highest BCUT2D eigenvalue weighted by Gasteiger charge is 2.41. The zero-order valence-electron chi connectivity index (χ0n) is 22.1. The van der Waals surface area contributed by atoms with Crippen molar-refractivity contribution in [3.05, 3.63) is 52.5 Å². The normalized spacial score (nSPS) is 19.7. The molecule has 0 unspecified atom stereocenters. The van der Waals surface area contributed by atoms with E-state index in [1.165, 1.54) is 24.3 Å². The number of halogens is 1. The number of benzene rings is 2. The van der Waals surface area contributed by atoms with Crippen LogP contribution < -0.4 is 14.8 Å². The van der Waals surface area contributed by atoms with Crippen molar-refractivity contribution in [3.8, 4) is 5.75 Å². The van der Waals surface area contributed by atoms with Crippen LogP contribution >= 0.6 is 11.6 Å². The lowest BCUT2D eigenvalue weighted by Crippen LogP contribution is -2.46. The number of nitrogens with zero attached hydrogens (tertiary/aromatic N) is 1. The van der Waals surface area contributed by atoms with Crippen molar-refractivity contribution in [2.45, 2.75) is 55.8 Å². The number of esters is 1. The van der Waals surface area contributed by atoms with E-state index in [2.05, 4.69) is 28.7 Å². The molecule has 1 aliphatic heterocycles. The Morgan fingerprint density at radius 2 is 2.05 bits per heavy atom. The number of carbonyl (C=O) groups is 1. The molecule has 0 saturated heterocycles. The SMILES string of the molecule is CCC[C@H](CCN1C[C@@]2(CCCc3cc(Cl)ccc32)COc2ccc(S(N)(=O)=O)cc21)COCC(=O)OC. The van der Waals surface area contributed by atoms with Gasteiger partial charge in [0.1, 0.15) is 12.4 Å². The number of fused-ring (bicyclic) bond motifs is 3. The maximum absolute atomic E-state index is 12.2. The molecule has 2 aliphatic rings. The van der Waals surface area contributed by atoms with Gasteiger partial charge in [-0.3, -0.25) is 0 Å². The molecule has 1 spiro atoms. The van der Waals surface area contributed by atoms with Gasteiger partial charge in [-0.2, -0.15) is 0 Å². The number of aryl methyl sites for hydroxylation is 1. The fourth-order valence-corrected chi connectivity index (χ4v) is 6.46. The van der Waals surface area contributed by atoms with Gasteiger partial charge in [-0.05, 0) is 79.5 Å². The maximum Gasteiger partial charge on any atom is 0.331 e. The van der Waals surface area contributed by atoms with Gasteiger partial charge >= 0.3 is 5.97 Å². The Labute approximate surface area is 230 Å². The van der Waals surface area contributed by atoms with Crippen LogP contribution in [-0.2, 0) is 36.1 Å². The topological polar surface area (TPSA) is 108 Å². The molecular weight excluding hydrogens is 528 g/mol. The van der Waals surface area contributed by atoms with Crippen LogP contribution in [0.2, 0.25) is 5.02 Å². The number of anilines is 1. The van der Waals surface area contributed by atoms with Gasteiger partial charge in [0.15, 0.2) is 0 Å². The molecule has 10 heteroatoms. The van der Waals surface area contributed by atoms with Gasteiger partial charge in [-0.1, -0.05) is 31.0 Å². The lowest BCUT2D eigenvalue weighted by molar-refractivity contribution is -0.146. The summed E-state index contributed by atoms with van der Waals surface area (Å²) >= 11 is 6.33. The first-order valence-corrected chi connectivity index (χ1v) is 15.1. The Balaban J connectivity index is 1.65. The van der Waals surface area contributed by atoms with Gasteiger partial charge in [-0.25, -0.2) is 18.4 Å². The third kappa shape index (κ3) is 6.62. The second-order valence-electron chi connectivity index (χ2n) is 10.4. The molecule has 2 aromatic rings. The summed E-state index contributed by atoms with van der Waals surface area (Å²) in [5, 5.41) is 6.21. The third-order valence-electron chi connectivity index (χ3n) is 7.64. The number of rotatable bonds is 10. The zero-order chi connectivity index (χ0) is 27.3. The van der Waals surface area contributed by atoms with Gasteiger partial charge < -0.3 is 19.1 Å². The van der Waals surface area contributed by atoms with Crippen molar-refractivity contribution in [3.63, 3.8) is 0 Å². The van der Waals surface area contributed by atoms with Crippen molar-refractivity contribution in [2.24, 2.45) is 11.1 Å². The highest BCUT2D eigenvalue weighted by molar-refractivity contribution is 7.89. The van der Waals surface area contributed by atoms with Crippen LogP contribution in [0.15, 0.2) is 41.3 Å². The molecular formula is C28H37ClN2O6S. The number of hydrogen-bond donors (Lipinski definition) is 1. The van der Waals surface area contributed by atoms with Gasteiger partial charge in [0.2, 0.25) is 10.0 Å². The molecule has 4 rings (SSSR count). The number of methoxy groups -OCH3 is 1. The highest BCUT2D eigenvalue weighted by Crippen LogP contribution is 2.45. The molecule has 1 aliphatic carbocycles. The smallest absolute Gasteiger partial charge is 0.331 e. The van der Waals surface area contributed by atoms with E-state index in [1.54, 1.807) is 12.1 Å². The van der Waals surface area contributed by atoms with Crippen LogP contribution in [-0.4, -0.2) is 54.4 Å². The van der Waals surface area contributed by atoms with E-state index in [9.17, 15) is 13.2 Å². The number of sulfonamides is 1. The van der Waals surface area contributed by atoms with Crippen molar-refractivity contribution in [2.75, 3.05) is 44.9 Å². The molecule has 38 heavy (non-hydrogen) atoms. The summed E-state index contributed by atoms with van der Waals surface area (Å²) in [6, 6.07) is 10.9. The van der Waals surface area contributed by atoms with Crippen molar-refractivity contribution in [1.29, 1.82) is 0 Å². The van der Waals surface area contributed by atoms with Crippen molar-refractivity contribution in [1.82, 2.24) is 0 Å². The third-order valence-corrected chi connectivity index (χ3v) is 8.79. The number of ether oxygens (including phenoxy) is 3. The minimum atomic E-state index is -3.88. The number of nitrogens with two attached hydrogens (primary N) is 1. The van der Waals surface area contributed by atoms with Crippen LogP contribution in [0.1, 0.15) is 50.2 Å². The van der Waals surface area contributed by atoms with Crippen molar-refractivity contribution < 1.29 is 27.4 Å². The van der Waals surface area contributed by atoms with Gasteiger partial charge in [0, 0.05) is 23.5 Å². The molecule has 2 aromatic carbocycles. The predicted octanol–water partition coefficient (Wildman–Crippen LogP) is 4.46. The van der Waals surface area contributed by atoms with Crippen LogP contribution in [0.25, 0.3) is 0 Å². The van der Waals surface area contributed by atoms with Crippen LogP contribution in [0, 0.1) is 5.92 Å². The molecule has 1 heterocycles. The van der Waals surface area contributed by atoms with E-state index < -0.39 is 16.0 Å². The molecule has 0 amide bonds. The van der Waals surface area contributed by atoms with E-state index in [4.69, 9.17) is 26.2 Å². The lowest BCUT2D eigenvalue weighted by Gasteiger charge is -2.41. The summed E-state index contributed by atoms with van der Waals surface area (Å²) in [5.41, 5.74) is 2.94. The molecule has 0 saturated carbocycles. The minimum absolute atomic E-state index is 0.0585.